The van der Waals surface area contributed by atoms with Crippen molar-refractivity contribution < 1.29 is 14.7 Å². The van der Waals surface area contributed by atoms with Gasteiger partial charge in [0.05, 0.1) is 13.0 Å². The van der Waals surface area contributed by atoms with Crippen LogP contribution >= 0.6 is 0 Å². The number of carbonyl (C=O) groups excluding carboxylic acids is 1. The second-order valence-corrected chi connectivity index (χ2v) is 3.93. The van der Waals surface area contributed by atoms with Crippen molar-refractivity contribution in [3.05, 3.63) is 0 Å². The lowest BCUT2D eigenvalue weighted by molar-refractivity contribution is -0.137. The van der Waals surface area contributed by atoms with Gasteiger partial charge in [-0.05, 0) is 19.3 Å². The molecular formula is C10H18N2O3. The lowest BCUT2D eigenvalue weighted by Gasteiger charge is -2.14. The summed E-state index contributed by atoms with van der Waals surface area (Å²) in [6, 6.07) is 0.242. The highest BCUT2D eigenvalue weighted by molar-refractivity contribution is 5.79. The predicted molar refractivity (Wildman–Crippen MR) is 55.5 cm³/mol. The molecule has 0 spiro atoms. The Morgan fingerprint density at radius 1 is 1.47 bits per heavy atom. The number of amides is 1. The molecule has 1 unspecified atom stereocenters. The summed E-state index contributed by atoms with van der Waals surface area (Å²) >= 11 is 0. The van der Waals surface area contributed by atoms with Gasteiger partial charge in [0, 0.05) is 12.1 Å². The van der Waals surface area contributed by atoms with E-state index in [2.05, 4.69) is 10.6 Å². The first-order chi connectivity index (χ1) is 7.11. The normalized spacial score (nSPS) is 17.1. The van der Waals surface area contributed by atoms with Gasteiger partial charge >= 0.3 is 5.97 Å². The number of nitrogens with one attached hydrogen (secondary N) is 2. The first kappa shape index (κ1) is 12.0. The minimum absolute atomic E-state index is 0.00827. The summed E-state index contributed by atoms with van der Waals surface area (Å²) in [6.07, 6.45) is 2.91. The molecule has 0 saturated heterocycles. The Hall–Kier alpha value is -1.10. The third-order valence-corrected chi connectivity index (χ3v) is 2.41. The van der Waals surface area contributed by atoms with Crippen LogP contribution < -0.4 is 10.6 Å². The lowest BCUT2D eigenvalue weighted by Crippen LogP contribution is -2.41. The molecule has 1 fully saturated rings. The Kier molecular flexibility index (Phi) is 4.55. The minimum Gasteiger partial charge on any atom is -0.481 e. The molecule has 1 aliphatic carbocycles. The number of carboxylic acid groups (broad SMARTS) is 1. The number of aliphatic carboxylic acids is 1. The molecule has 1 saturated carbocycles. The van der Waals surface area contributed by atoms with Crippen molar-refractivity contribution in [3.8, 4) is 0 Å². The fourth-order valence-electron chi connectivity index (χ4n) is 1.31. The van der Waals surface area contributed by atoms with Crippen LogP contribution in [0.15, 0.2) is 0 Å². The molecule has 0 aromatic rings. The topological polar surface area (TPSA) is 78.4 Å². The van der Waals surface area contributed by atoms with E-state index in [1.54, 1.807) is 0 Å². The Morgan fingerprint density at radius 3 is 2.60 bits per heavy atom. The zero-order valence-corrected chi connectivity index (χ0v) is 8.95. The summed E-state index contributed by atoms with van der Waals surface area (Å²) < 4.78 is 0. The van der Waals surface area contributed by atoms with Crippen molar-refractivity contribution in [1.29, 1.82) is 0 Å². The number of hydrogen-bond acceptors (Lipinski definition) is 3. The van der Waals surface area contributed by atoms with Crippen molar-refractivity contribution in [1.82, 2.24) is 10.6 Å². The summed E-state index contributed by atoms with van der Waals surface area (Å²) in [6.45, 7) is 2.16. The highest BCUT2D eigenvalue weighted by Gasteiger charge is 2.21. The van der Waals surface area contributed by atoms with Crippen LogP contribution in [0.3, 0.4) is 0 Å². The molecule has 0 heterocycles. The third-order valence-electron chi connectivity index (χ3n) is 2.41. The molecule has 15 heavy (non-hydrogen) atoms. The van der Waals surface area contributed by atoms with Crippen LogP contribution in [0.1, 0.15) is 32.6 Å². The molecule has 0 radical (unpaired) electrons. The molecule has 3 N–H and O–H groups in total. The molecule has 1 aliphatic rings. The maximum absolute atomic E-state index is 11.4. The van der Waals surface area contributed by atoms with Crippen LogP contribution in [0.25, 0.3) is 0 Å². The monoisotopic (exact) mass is 214 g/mol. The summed E-state index contributed by atoms with van der Waals surface area (Å²) in [5.41, 5.74) is 0. The molecule has 1 atom stereocenters. The van der Waals surface area contributed by atoms with Crippen molar-refractivity contribution in [3.63, 3.8) is 0 Å². The van der Waals surface area contributed by atoms with Crippen molar-refractivity contribution in [2.45, 2.75) is 44.7 Å². The van der Waals surface area contributed by atoms with Gasteiger partial charge in [0.2, 0.25) is 5.91 Å². The standard InChI is InChI=1S/C10H18N2O3/c1-2-7(5-10(14)15)12-9(13)6-11-8-3-4-8/h7-8,11H,2-6H2,1H3,(H,12,13)(H,14,15). The van der Waals surface area contributed by atoms with Crippen LogP contribution in [-0.2, 0) is 9.59 Å². The van der Waals surface area contributed by atoms with Crippen LogP contribution in [-0.4, -0.2) is 35.6 Å². The molecule has 86 valence electrons. The molecule has 1 rings (SSSR count). The Morgan fingerprint density at radius 2 is 2.13 bits per heavy atom. The number of carbonyl (C=O) groups is 2. The largest absolute Gasteiger partial charge is 0.481 e. The maximum atomic E-state index is 11.4. The van der Waals surface area contributed by atoms with Crippen LogP contribution in [0, 0.1) is 0 Å². The molecule has 0 aromatic carbocycles. The Labute approximate surface area is 89.2 Å². The quantitative estimate of drug-likeness (QED) is 0.562. The second-order valence-electron chi connectivity index (χ2n) is 3.93. The fourth-order valence-corrected chi connectivity index (χ4v) is 1.31. The summed E-state index contributed by atoms with van der Waals surface area (Å²) in [5.74, 6) is -0.993. The average Bonchev–Trinajstić information content (AvgIpc) is 2.96. The fraction of sp³-hybridized carbons (Fsp3) is 0.800. The summed E-state index contributed by atoms with van der Waals surface area (Å²) in [7, 11) is 0. The van der Waals surface area contributed by atoms with Gasteiger partial charge in [0.1, 0.15) is 0 Å². The van der Waals surface area contributed by atoms with E-state index in [-0.39, 0.29) is 18.4 Å². The van der Waals surface area contributed by atoms with Crippen LogP contribution in [0.2, 0.25) is 0 Å². The van der Waals surface area contributed by atoms with E-state index in [0.29, 0.717) is 19.0 Å². The van der Waals surface area contributed by atoms with E-state index in [4.69, 9.17) is 5.11 Å². The Bertz CT molecular complexity index is 239. The first-order valence-corrected chi connectivity index (χ1v) is 5.36. The van der Waals surface area contributed by atoms with Gasteiger partial charge in [-0.15, -0.1) is 0 Å². The van der Waals surface area contributed by atoms with Crippen molar-refractivity contribution in [2.24, 2.45) is 0 Å². The highest BCUT2D eigenvalue weighted by Crippen LogP contribution is 2.17. The molecule has 5 heteroatoms. The summed E-state index contributed by atoms with van der Waals surface area (Å²) in [5, 5.41) is 14.4. The van der Waals surface area contributed by atoms with Crippen LogP contribution in [0.4, 0.5) is 0 Å². The zero-order chi connectivity index (χ0) is 11.3. The van der Waals surface area contributed by atoms with Gasteiger partial charge in [-0.3, -0.25) is 9.59 Å². The van der Waals surface area contributed by atoms with Crippen molar-refractivity contribution in [2.75, 3.05) is 6.54 Å². The SMILES string of the molecule is CCC(CC(=O)O)NC(=O)CNC1CC1. The number of hydrogen-bond donors (Lipinski definition) is 3. The van der Waals surface area contributed by atoms with Gasteiger partial charge < -0.3 is 15.7 Å². The average molecular weight is 214 g/mol. The van der Waals surface area contributed by atoms with E-state index in [9.17, 15) is 9.59 Å². The van der Waals surface area contributed by atoms with E-state index >= 15 is 0 Å². The summed E-state index contributed by atoms with van der Waals surface area (Å²) in [4.78, 5) is 21.8. The predicted octanol–water partition coefficient (Wildman–Crippen LogP) is 0.108. The van der Waals surface area contributed by atoms with Gasteiger partial charge in [0.15, 0.2) is 0 Å². The smallest absolute Gasteiger partial charge is 0.305 e. The van der Waals surface area contributed by atoms with E-state index in [1.165, 1.54) is 0 Å². The zero-order valence-electron chi connectivity index (χ0n) is 8.95. The van der Waals surface area contributed by atoms with Gasteiger partial charge in [-0.1, -0.05) is 6.92 Å². The Balaban J connectivity index is 2.17. The molecule has 0 aromatic heterocycles. The van der Waals surface area contributed by atoms with Gasteiger partial charge in [-0.25, -0.2) is 0 Å². The van der Waals surface area contributed by atoms with Crippen molar-refractivity contribution >= 4 is 11.9 Å². The number of carboxylic acids is 1. The van der Waals surface area contributed by atoms with Gasteiger partial charge in [0.25, 0.3) is 0 Å². The number of rotatable bonds is 7. The van der Waals surface area contributed by atoms with E-state index in [1.807, 2.05) is 6.92 Å². The van der Waals surface area contributed by atoms with E-state index < -0.39 is 5.97 Å². The van der Waals surface area contributed by atoms with E-state index in [0.717, 1.165) is 12.8 Å². The molecule has 0 aliphatic heterocycles. The first-order valence-electron chi connectivity index (χ1n) is 5.36. The maximum Gasteiger partial charge on any atom is 0.305 e. The molecular weight excluding hydrogens is 196 g/mol. The molecule has 5 nitrogen and oxygen atoms in total. The highest BCUT2D eigenvalue weighted by atomic mass is 16.4. The van der Waals surface area contributed by atoms with Crippen LogP contribution in [0.5, 0.6) is 0 Å². The molecule has 0 bridgehead atoms. The van der Waals surface area contributed by atoms with Gasteiger partial charge in [-0.2, -0.15) is 0 Å². The lowest BCUT2D eigenvalue weighted by atomic mass is 10.1. The third kappa shape index (κ3) is 5.37. The minimum atomic E-state index is -0.877. The molecule has 1 amide bonds. The second kappa shape index (κ2) is 5.70.